The molecule has 0 aliphatic carbocycles. The average Bonchev–Trinajstić information content (AvgIpc) is 3.15. The number of fused-ring (bicyclic) bond motifs is 2. The van der Waals surface area contributed by atoms with Gasteiger partial charge in [-0.3, -0.25) is 9.79 Å². The molecule has 1 aromatic heterocycles. The van der Waals surface area contributed by atoms with Crippen LogP contribution in [0.25, 0.3) is 11.1 Å². The summed E-state index contributed by atoms with van der Waals surface area (Å²) in [6, 6.07) is 18.2. The predicted octanol–water partition coefficient (Wildman–Crippen LogP) is 5.51. The number of benzene rings is 3. The number of hydrogen-bond donors (Lipinski definition) is 2. The molecule has 1 amide bonds. The van der Waals surface area contributed by atoms with Crippen LogP contribution in [0.4, 0.5) is 21.7 Å². The van der Waals surface area contributed by atoms with E-state index in [2.05, 4.69) is 34.5 Å². The largest absolute Gasteiger partial charge is 0.497 e. The van der Waals surface area contributed by atoms with Gasteiger partial charge in [0.1, 0.15) is 17.3 Å². The van der Waals surface area contributed by atoms with Crippen molar-refractivity contribution in [3.05, 3.63) is 95.1 Å². The second-order valence-corrected chi connectivity index (χ2v) is 10.6. The van der Waals surface area contributed by atoms with E-state index in [-0.39, 0.29) is 23.8 Å². The Morgan fingerprint density at radius 1 is 1.05 bits per heavy atom. The molecule has 6 rings (SSSR count). The highest BCUT2D eigenvalue weighted by molar-refractivity contribution is 6.01. The normalized spacial score (nSPS) is 17.8. The number of piperazine rings is 1. The molecule has 2 N–H and O–H groups in total. The monoisotopic (exact) mass is 550 g/mol. The number of ether oxygens (including phenoxy) is 1. The maximum Gasteiger partial charge on any atom is 0.253 e. The molecule has 2 atom stereocenters. The number of nitrogens with zero attached hydrogens (tertiary/aromatic N) is 4. The number of halogens is 1. The minimum Gasteiger partial charge on any atom is -0.497 e. The van der Waals surface area contributed by atoms with Crippen LogP contribution < -0.4 is 15.4 Å². The number of aliphatic imine (C=N–C) groups is 1. The van der Waals surface area contributed by atoms with Gasteiger partial charge in [0.25, 0.3) is 5.91 Å². The summed E-state index contributed by atoms with van der Waals surface area (Å²) >= 11 is 0. The molecule has 208 valence electrons. The van der Waals surface area contributed by atoms with E-state index in [1.807, 2.05) is 35.2 Å². The standard InChI is InChI=1S/C32H31FN6O2/c1-19-17-39(18-20(2)36-19)31(40)22-11-21-13-29-30(16-35-32(38-29)37-23-7-6-8-24(14-23)41-3)34-15-27(21)26(12-22)25-9-4-5-10-28(25)33/h4-12,14-16,19-20,36H,13,17-18H2,1-3H3,(H,35,37,38). The summed E-state index contributed by atoms with van der Waals surface area (Å²) in [7, 11) is 1.62. The van der Waals surface area contributed by atoms with Crippen LogP contribution in [0.5, 0.6) is 5.75 Å². The van der Waals surface area contributed by atoms with E-state index in [0.29, 0.717) is 53.5 Å². The molecule has 3 heterocycles. The van der Waals surface area contributed by atoms with E-state index in [1.165, 1.54) is 6.07 Å². The van der Waals surface area contributed by atoms with Crippen LogP contribution in [0.1, 0.15) is 41.0 Å². The third-order valence-electron chi connectivity index (χ3n) is 7.38. The first-order valence-corrected chi connectivity index (χ1v) is 13.7. The molecular formula is C32H31FN6O2. The van der Waals surface area contributed by atoms with Gasteiger partial charge in [-0.05, 0) is 55.3 Å². The fraction of sp³-hybridized carbons (Fsp3) is 0.250. The number of nitrogens with one attached hydrogen (secondary N) is 2. The minimum atomic E-state index is -0.358. The van der Waals surface area contributed by atoms with Crippen LogP contribution in [0.2, 0.25) is 0 Å². The Hall–Kier alpha value is -4.63. The first-order valence-electron chi connectivity index (χ1n) is 13.7. The number of carbonyl (C=O) groups excluding carboxylic acids is 1. The number of hydrogen-bond acceptors (Lipinski definition) is 7. The molecule has 8 nitrogen and oxygen atoms in total. The Balaban J connectivity index is 1.41. The van der Waals surface area contributed by atoms with Crippen molar-refractivity contribution < 1.29 is 13.9 Å². The Morgan fingerprint density at radius 2 is 1.85 bits per heavy atom. The van der Waals surface area contributed by atoms with Gasteiger partial charge in [0, 0.05) is 66.3 Å². The van der Waals surface area contributed by atoms with Crippen molar-refractivity contribution in [1.82, 2.24) is 20.2 Å². The van der Waals surface area contributed by atoms with Crippen LogP contribution in [0, 0.1) is 5.82 Å². The molecule has 9 heteroatoms. The molecule has 1 saturated heterocycles. The number of amides is 1. The molecule has 0 bridgehead atoms. The minimum absolute atomic E-state index is 0.0740. The number of rotatable bonds is 5. The second kappa shape index (κ2) is 11.1. The summed E-state index contributed by atoms with van der Waals surface area (Å²) in [5.41, 5.74) is 5.28. The number of methoxy groups -OCH3 is 1. The van der Waals surface area contributed by atoms with Crippen LogP contribution in [0.3, 0.4) is 0 Å². The van der Waals surface area contributed by atoms with Gasteiger partial charge in [-0.2, -0.15) is 0 Å². The maximum atomic E-state index is 15.1. The lowest BCUT2D eigenvalue weighted by Gasteiger charge is -2.36. The molecule has 2 aliphatic rings. The summed E-state index contributed by atoms with van der Waals surface area (Å²) in [6.07, 6.45) is 3.80. The van der Waals surface area contributed by atoms with Crippen LogP contribution in [-0.4, -0.2) is 59.3 Å². The Bertz CT molecular complexity index is 1650. The van der Waals surface area contributed by atoms with E-state index in [0.717, 1.165) is 22.6 Å². The summed E-state index contributed by atoms with van der Waals surface area (Å²) in [5.74, 6) is 0.703. The highest BCUT2D eigenvalue weighted by Crippen LogP contribution is 2.34. The smallest absolute Gasteiger partial charge is 0.253 e. The third-order valence-corrected chi connectivity index (χ3v) is 7.38. The van der Waals surface area contributed by atoms with Gasteiger partial charge in [-0.1, -0.05) is 24.3 Å². The van der Waals surface area contributed by atoms with E-state index in [4.69, 9.17) is 9.72 Å². The Kier molecular flexibility index (Phi) is 7.19. The molecule has 2 aliphatic heterocycles. The van der Waals surface area contributed by atoms with Gasteiger partial charge >= 0.3 is 0 Å². The molecule has 0 radical (unpaired) electrons. The van der Waals surface area contributed by atoms with Crippen molar-refractivity contribution >= 4 is 29.4 Å². The van der Waals surface area contributed by atoms with Gasteiger partial charge in [-0.15, -0.1) is 0 Å². The predicted molar refractivity (Wildman–Crippen MR) is 158 cm³/mol. The van der Waals surface area contributed by atoms with Gasteiger partial charge in [-0.25, -0.2) is 14.4 Å². The fourth-order valence-corrected chi connectivity index (χ4v) is 5.57. The molecule has 3 aromatic carbocycles. The van der Waals surface area contributed by atoms with Crippen molar-refractivity contribution in [1.29, 1.82) is 0 Å². The van der Waals surface area contributed by atoms with E-state index in [9.17, 15) is 4.79 Å². The van der Waals surface area contributed by atoms with Crippen LogP contribution >= 0.6 is 0 Å². The second-order valence-electron chi connectivity index (χ2n) is 10.6. The van der Waals surface area contributed by atoms with Crippen LogP contribution in [-0.2, 0) is 6.42 Å². The number of carbonyl (C=O) groups is 1. The Labute approximate surface area is 238 Å². The van der Waals surface area contributed by atoms with Crippen LogP contribution in [0.15, 0.2) is 71.9 Å². The highest BCUT2D eigenvalue weighted by Gasteiger charge is 2.28. The van der Waals surface area contributed by atoms with E-state index < -0.39 is 0 Å². The lowest BCUT2D eigenvalue weighted by molar-refractivity contribution is 0.0673. The maximum absolute atomic E-state index is 15.1. The molecule has 41 heavy (non-hydrogen) atoms. The first-order chi connectivity index (χ1) is 19.9. The zero-order chi connectivity index (χ0) is 28.5. The molecule has 2 unspecified atom stereocenters. The zero-order valence-electron chi connectivity index (χ0n) is 23.2. The molecule has 0 spiro atoms. The summed E-state index contributed by atoms with van der Waals surface area (Å²) < 4.78 is 20.4. The quantitative estimate of drug-likeness (QED) is 0.300. The number of aromatic nitrogens is 2. The first kappa shape index (κ1) is 26.6. The SMILES string of the molecule is COc1cccc(Nc2ncc3c(n2)Cc2cc(C(=O)N4CC(C)NC(C)C4)cc(-c4ccccc4F)c2C=N3)c1. The zero-order valence-corrected chi connectivity index (χ0v) is 23.2. The van der Waals surface area contributed by atoms with Gasteiger partial charge in [0.05, 0.1) is 19.0 Å². The molecule has 0 saturated carbocycles. The summed E-state index contributed by atoms with van der Waals surface area (Å²) in [6.45, 7) is 5.35. The topological polar surface area (TPSA) is 91.7 Å². The van der Waals surface area contributed by atoms with Gasteiger partial charge in [0.15, 0.2) is 0 Å². The average molecular weight is 551 g/mol. The lowest BCUT2D eigenvalue weighted by Crippen LogP contribution is -2.55. The third kappa shape index (κ3) is 5.53. The Morgan fingerprint density at radius 3 is 2.63 bits per heavy atom. The molecule has 4 aromatic rings. The van der Waals surface area contributed by atoms with Crippen molar-refractivity contribution in [2.24, 2.45) is 4.99 Å². The number of anilines is 2. The van der Waals surface area contributed by atoms with Gasteiger partial charge < -0.3 is 20.3 Å². The summed E-state index contributed by atoms with van der Waals surface area (Å²) in [4.78, 5) is 29.6. The summed E-state index contributed by atoms with van der Waals surface area (Å²) in [5, 5.41) is 6.70. The van der Waals surface area contributed by atoms with E-state index >= 15 is 4.39 Å². The van der Waals surface area contributed by atoms with Crippen molar-refractivity contribution in [3.63, 3.8) is 0 Å². The molecule has 1 fully saturated rings. The van der Waals surface area contributed by atoms with Crippen molar-refractivity contribution in [2.45, 2.75) is 32.4 Å². The van der Waals surface area contributed by atoms with Crippen molar-refractivity contribution in [3.8, 4) is 16.9 Å². The fourth-order valence-electron chi connectivity index (χ4n) is 5.57. The molecular weight excluding hydrogens is 519 g/mol. The highest BCUT2D eigenvalue weighted by atomic mass is 19.1. The van der Waals surface area contributed by atoms with E-state index in [1.54, 1.807) is 43.8 Å². The van der Waals surface area contributed by atoms with Gasteiger partial charge in [0.2, 0.25) is 5.95 Å². The van der Waals surface area contributed by atoms with Crippen molar-refractivity contribution in [2.75, 3.05) is 25.5 Å². The lowest BCUT2D eigenvalue weighted by atomic mass is 9.91.